The van der Waals surface area contributed by atoms with Crippen molar-refractivity contribution in [2.75, 3.05) is 39.4 Å². The van der Waals surface area contributed by atoms with Crippen molar-refractivity contribution in [1.82, 2.24) is 10.2 Å². The zero-order valence-corrected chi connectivity index (χ0v) is 11.7. The first-order valence-corrected chi connectivity index (χ1v) is 7.16. The van der Waals surface area contributed by atoms with Crippen LogP contribution >= 0.6 is 0 Å². The number of nitrogens with zero attached hydrogens (tertiary/aromatic N) is 1. The maximum absolute atomic E-state index is 5.65. The molecule has 2 aliphatic rings. The number of nitrogens with one attached hydrogen (secondary N) is 1. The minimum atomic E-state index is 0.417. The maximum atomic E-state index is 5.65. The molecule has 1 unspecified atom stereocenters. The average Bonchev–Trinajstić information content (AvgIpc) is 2.63. The standard InChI is InChI=1S/C14H28N2O/c1-4-17-10-12-9-16(11-14(12,2)3)13-5-7-15-8-6-13/h12-13,15H,4-11H2,1-3H3. The molecule has 17 heavy (non-hydrogen) atoms. The zero-order valence-electron chi connectivity index (χ0n) is 11.7. The molecule has 2 heterocycles. The number of piperidine rings is 1. The number of hydrogen-bond donors (Lipinski definition) is 1. The molecular formula is C14H28N2O. The van der Waals surface area contributed by atoms with Crippen LogP contribution in [0.4, 0.5) is 0 Å². The fraction of sp³-hybridized carbons (Fsp3) is 1.00. The quantitative estimate of drug-likeness (QED) is 0.810. The molecule has 0 aliphatic carbocycles. The maximum Gasteiger partial charge on any atom is 0.0511 e. The lowest BCUT2D eigenvalue weighted by molar-refractivity contribution is 0.0792. The molecule has 0 spiro atoms. The Morgan fingerprint density at radius 2 is 2.00 bits per heavy atom. The van der Waals surface area contributed by atoms with Crippen molar-refractivity contribution < 1.29 is 4.74 Å². The van der Waals surface area contributed by atoms with Crippen LogP contribution in [0.1, 0.15) is 33.6 Å². The van der Waals surface area contributed by atoms with E-state index in [-0.39, 0.29) is 0 Å². The Bertz CT molecular complexity index is 236. The van der Waals surface area contributed by atoms with Gasteiger partial charge in [0, 0.05) is 31.7 Å². The first-order chi connectivity index (χ1) is 8.13. The van der Waals surface area contributed by atoms with Gasteiger partial charge in [-0.2, -0.15) is 0 Å². The molecule has 3 nitrogen and oxygen atoms in total. The van der Waals surface area contributed by atoms with Gasteiger partial charge in [-0.1, -0.05) is 13.8 Å². The van der Waals surface area contributed by atoms with Gasteiger partial charge in [0.2, 0.25) is 0 Å². The molecule has 3 heteroatoms. The second kappa shape index (κ2) is 5.68. The Kier molecular flexibility index (Phi) is 4.45. The summed E-state index contributed by atoms with van der Waals surface area (Å²) in [5.41, 5.74) is 0.417. The second-order valence-corrected chi connectivity index (χ2v) is 6.26. The predicted octanol–water partition coefficient (Wildman–Crippen LogP) is 1.73. The molecule has 0 aromatic heterocycles. The predicted molar refractivity (Wildman–Crippen MR) is 71.2 cm³/mol. The Balaban J connectivity index is 1.89. The Morgan fingerprint density at radius 3 is 2.65 bits per heavy atom. The van der Waals surface area contributed by atoms with Crippen molar-refractivity contribution in [3.8, 4) is 0 Å². The van der Waals surface area contributed by atoms with E-state index in [1.54, 1.807) is 0 Å². The second-order valence-electron chi connectivity index (χ2n) is 6.26. The molecule has 1 N–H and O–H groups in total. The molecule has 2 fully saturated rings. The lowest BCUT2D eigenvalue weighted by Crippen LogP contribution is -2.42. The van der Waals surface area contributed by atoms with E-state index >= 15 is 0 Å². The monoisotopic (exact) mass is 240 g/mol. The third-order valence-electron chi connectivity index (χ3n) is 4.52. The molecule has 0 saturated carbocycles. The third-order valence-corrected chi connectivity index (χ3v) is 4.52. The van der Waals surface area contributed by atoms with Crippen LogP contribution in [0.15, 0.2) is 0 Å². The van der Waals surface area contributed by atoms with E-state index in [0.29, 0.717) is 11.3 Å². The largest absolute Gasteiger partial charge is 0.381 e. The third kappa shape index (κ3) is 3.21. The van der Waals surface area contributed by atoms with Gasteiger partial charge in [0.05, 0.1) is 6.61 Å². The molecule has 2 saturated heterocycles. The summed E-state index contributed by atoms with van der Waals surface area (Å²) in [5, 5.41) is 3.45. The molecule has 2 aliphatic heterocycles. The highest BCUT2D eigenvalue weighted by molar-refractivity contribution is 4.94. The normalized spacial score (nSPS) is 30.9. The molecule has 100 valence electrons. The molecule has 1 atom stereocenters. The number of likely N-dealkylation sites (tertiary alicyclic amines) is 1. The van der Waals surface area contributed by atoms with Crippen molar-refractivity contribution in [2.24, 2.45) is 11.3 Å². The molecular weight excluding hydrogens is 212 g/mol. The van der Waals surface area contributed by atoms with Gasteiger partial charge in [0.25, 0.3) is 0 Å². The van der Waals surface area contributed by atoms with Crippen molar-refractivity contribution in [1.29, 1.82) is 0 Å². The minimum Gasteiger partial charge on any atom is -0.381 e. The lowest BCUT2D eigenvalue weighted by atomic mass is 9.83. The van der Waals surface area contributed by atoms with E-state index in [2.05, 4.69) is 31.0 Å². The Labute approximate surface area is 106 Å². The zero-order chi connectivity index (χ0) is 12.3. The van der Waals surface area contributed by atoms with E-state index in [0.717, 1.165) is 19.3 Å². The summed E-state index contributed by atoms with van der Waals surface area (Å²) in [6, 6.07) is 0.808. The van der Waals surface area contributed by atoms with Gasteiger partial charge in [-0.25, -0.2) is 0 Å². The summed E-state index contributed by atoms with van der Waals surface area (Å²) in [7, 11) is 0. The highest BCUT2D eigenvalue weighted by atomic mass is 16.5. The van der Waals surface area contributed by atoms with Gasteiger partial charge < -0.3 is 10.1 Å². The van der Waals surface area contributed by atoms with Crippen LogP contribution in [-0.2, 0) is 4.74 Å². The summed E-state index contributed by atoms with van der Waals surface area (Å²) in [5.74, 6) is 0.706. The first kappa shape index (κ1) is 13.3. The van der Waals surface area contributed by atoms with Gasteiger partial charge in [-0.3, -0.25) is 4.90 Å². The molecule has 0 bridgehead atoms. The lowest BCUT2D eigenvalue weighted by Gasteiger charge is -2.32. The van der Waals surface area contributed by atoms with Gasteiger partial charge in [0.15, 0.2) is 0 Å². The molecule has 0 amide bonds. The van der Waals surface area contributed by atoms with Crippen LogP contribution in [0.5, 0.6) is 0 Å². The van der Waals surface area contributed by atoms with Gasteiger partial charge in [-0.05, 0) is 38.3 Å². The van der Waals surface area contributed by atoms with Gasteiger partial charge in [0.1, 0.15) is 0 Å². The summed E-state index contributed by atoms with van der Waals surface area (Å²) in [6.45, 7) is 13.5. The van der Waals surface area contributed by atoms with Crippen LogP contribution in [0.3, 0.4) is 0 Å². The van der Waals surface area contributed by atoms with E-state index in [4.69, 9.17) is 4.74 Å². The smallest absolute Gasteiger partial charge is 0.0511 e. The highest BCUT2D eigenvalue weighted by Crippen LogP contribution is 2.37. The van der Waals surface area contributed by atoms with Crippen molar-refractivity contribution in [3.05, 3.63) is 0 Å². The van der Waals surface area contributed by atoms with Crippen molar-refractivity contribution in [2.45, 2.75) is 39.7 Å². The Hall–Kier alpha value is -0.120. The van der Waals surface area contributed by atoms with Gasteiger partial charge >= 0.3 is 0 Å². The highest BCUT2D eigenvalue weighted by Gasteiger charge is 2.41. The fourth-order valence-electron chi connectivity index (χ4n) is 3.24. The summed E-state index contributed by atoms with van der Waals surface area (Å²) in [4.78, 5) is 2.71. The van der Waals surface area contributed by atoms with E-state index in [1.807, 2.05) is 0 Å². The summed E-state index contributed by atoms with van der Waals surface area (Å²) < 4.78 is 5.65. The van der Waals surface area contributed by atoms with Crippen LogP contribution in [0.2, 0.25) is 0 Å². The summed E-state index contributed by atoms with van der Waals surface area (Å²) in [6.07, 6.45) is 2.63. The minimum absolute atomic E-state index is 0.417. The topological polar surface area (TPSA) is 24.5 Å². The fourth-order valence-corrected chi connectivity index (χ4v) is 3.24. The van der Waals surface area contributed by atoms with E-state index in [1.165, 1.54) is 39.0 Å². The van der Waals surface area contributed by atoms with Crippen LogP contribution in [0, 0.1) is 11.3 Å². The van der Waals surface area contributed by atoms with Crippen LogP contribution < -0.4 is 5.32 Å². The van der Waals surface area contributed by atoms with Crippen LogP contribution in [-0.4, -0.2) is 50.3 Å². The molecule has 0 radical (unpaired) electrons. The SMILES string of the molecule is CCOCC1CN(C2CCNCC2)CC1(C)C. The van der Waals surface area contributed by atoms with Crippen molar-refractivity contribution in [3.63, 3.8) is 0 Å². The van der Waals surface area contributed by atoms with E-state index < -0.39 is 0 Å². The number of ether oxygens (including phenoxy) is 1. The molecule has 0 aromatic rings. The number of hydrogen-bond acceptors (Lipinski definition) is 3. The van der Waals surface area contributed by atoms with Crippen LogP contribution in [0.25, 0.3) is 0 Å². The van der Waals surface area contributed by atoms with Gasteiger partial charge in [-0.15, -0.1) is 0 Å². The first-order valence-electron chi connectivity index (χ1n) is 7.16. The van der Waals surface area contributed by atoms with E-state index in [9.17, 15) is 0 Å². The summed E-state index contributed by atoms with van der Waals surface area (Å²) >= 11 is 0. The average molecular weight is 240 g/mol. The molecule has 0 aromatic carbocycles. The molecule has 2 rings (SSSR count). The van der Waals surface area contributed by atoms with Crippen molar-refractivity contribution >= 4 is 0 Å². The Morgan fingerprint density at radius 1 is 1.29 bits per heavy atom. The number of rotatable bonds is 4.